The third-order valence-electron chi connectivity index (χ3n) is 2.59. The van der Waals surface area contributed by atoms with Gasteiger partial charge in [-0.3, -0.25) is 0 Å². The lowest BCUT2D eigenvalue weighted by Gasteiger charge is -2.47. The molecule has 1 rings (SSSR count). The average molecular weight is 158 g/mol. The van der Waals surface area contributed by atoms with Gasteiger partial charge < -0.3 is 0 Å². The Kier molecular flexibility index (Phi) is 2.49. The molecule has 0 spiro atoms. The van der Waals surface area contributed by atoms with E-state index < -0.39 is 0 Å². The van der Waals surface area contributed by atoms with Crippen molar-refractivity contribution in [3.63, 3.8) is 0 Å². The molecule has 4 nitrogen and oxygen atoms in total. The smallest absolute Gasteiger partial charge is 0.0393 e. The summed E-state index contributed by atoms with van der Waals surface area (Å²) in [5.74, 6) is 0. The van der Waals surface area contributed by atoms with Gasteiger partial charge in [0.05, 0.1) is 0 Å². The fourth-order valence-electron chi connectivity index (χ4n) is 1.28. The Morgan fingerprint density at radius 2 is 1.64 bits per heavy atom. The molecule has 1 N–H and O–H groups in total. The Morgan fingerprint density at radius 3 is 2.18 bits per heavy atom. The molecule has 0 aromatic carbocycles. The third-order valence-corrected chi connectivity index (χ3v) is 2.59. The van der Waals surface area contributed by atoms with Gasteiger partial charge in [0.2, 0.25) is 0 Å². The number of rotatable bonds is 0. The average Bonchev–Trinajstić information content (AvgIpc) is 1.97. The molecular weight excluding hydrogens is 140 g/mol. The number of likely N-dealkylation sites (N-methyl/N-ethyl adjacent to an activating group) is 1. The van der Waals surface area contributed by atoms with Crippen LogP contribution in [0.2, 0.25) is 0 Å². The lowest BCUT2D eigenvalue weighted by Crippen LogP contribution is -2.67. The molecule has 0 amide bonds. The minimum absolute atomic E-state index is 0.501. The summed E-state index contributed by atoms with van der Waals surface area (Å²) >= 11 is 0. The van der Waals surface area contributed by atoms with Gasteiger partial charge in [-0.2, -0.15) is 10.2 Å². The van der Waals surface area contributed by atoms with E-state index in [0.29, 0.717) is 12.1 Å². The van der Waals surface area contributed by atoms with Crippen LogP contribution in [-0.2, 0) is 0 Å². The second-order valence-corrected chi connectivity index (χ2v) is 3.25. The largest absolute Gasteiger partial charge is 0.236 e. The Balaban J connectivity index is 2.63. The second-order valence-electron chi connectivity index (χ2n) is 3.25. The van der Waals surface area contributed by atoms with E-state index in [4.69, 9.17) is 0 Å². The van der Waals surface area contributed by atoms with Gasteiger partial charge in [-0.25, -0.2) is 10.4 Å². The maximum atomic E-state index is 3.33. The molecule has 0 saturated carbocycles. The van der Waals surface area contributed by atoms with Gasteiger partial charge in [-0.05, 0) is 13.8 Å². The van der Waals surface area contributed by atoms with Crippen LogP contribution in [-0.4, -0.2) is 48.5 Å². The summed E-state index contributed by atoms with van der Waals surface area (Å²) in [5, 5.41) is 6.26. The number of hydrazine groups is 3. The zero-order valence-corrected chi connectivity index (χ0v) is 8.00. The zero-order valence-electron chi connectivity index (χ0n) is 8.00. The van der Waals surface area contributed by atoms with E-state index >= 15 is 0 Å². The monoisotopic (exact) mass is 158 g/mol. The molecule has 0 bridgehead atoms. The highest BCUT2D eigenvalue weighted by atomic mass is 16.0. The van der Waals surface area contributed by atoms with Crippen molar-refractivity contribution < 1.29 is 0 Å². The van der Waals surface area contributed by atoms with Crippen molar-refractivity contribution in [2.24, 2.45) is 0 Å². The standard InChI is InChI=1S/C7H18N4/c1-6-7(2)9(3)11(5)10(4)8-6/h6-8H,1-5H3. The van der Waals surface area contributed by atoms with Crippen LogP contribution in [0.3, 0.4) is 0 Å². The van der Waals surface area contributed by atoms with Crippen LogP contribution in [0.25, 0.3) is 0 Å². The van der Waals surface area contributed by atoms with Crippen LogP contribution >= 0.6 is 0 Å². The van der Waals surface area contributed by atoms with Crippen LogP contribution in [0.4, 0.5) is 0 Å². The number of nitrogens with zero attached hydrogens (tertiary/aromatic N) is 3. The van der Waals surface area contributed by atoms with Gasteiger partial charge in [0.1, 0.15) is 0 Å². The molecule has 1 fully saturated rings. The Morgan fingerprint density at radius 1 is 1.09 bits per heavy atom. The van der Waals surface area contributed by atoms with E-state index in [1.165, 1.54) is 0 Å². The minimum Gasteiger partial charge on any atom is -0.236 e. The summed E-state index contributed by atoms with van der Waals surface area (Å²) in [4.78, 5) is 0. The van der Waals surface area contributed by atoms with E-state index in [0.717, 1.165) is 0 Å². The van der Waals surface area contributed by atoms with E-state index in [1.54, 1.807) is 0 Å². The summed E-state index contributed by atoms with van der Waals surface area (Å²) in [7, 11) is 6.15. The number of hydrogen-bond donors (Lipinski definition) is 1. The van der Waals surface area contributed by atoms with Gasteiger partial charge in [0.25, 0.3) is 0 Å². The Hall–Kier alpha value is -0.160. The predicted molar refractivity (Wildman–Crippen MR) is 45.3 cm³/mol. The summed E-state index contributed by atoms with van der Waals surface area (Å²) in [6.45, 7) is 4.39. The molecule has 66 valence electrons. The van der Waals surface area contributed by atoms with E-state index in [2.05, 4.69) is 36.4 Å². The molecule has 1 aliphatic rings. The first-order chi connectivity index (χ1) is 5.04. The number of nitrogens with one attached hydrogen (secondary N) is 1. The SMILES string of the molecule is CC1NN(C)N(C)N(C)C1C. The van der Waals surface area contributed by atoms with Gasteiger partial charge >= 0.3 is 0 Å². The minimum atomic E-state index is 0.501. The molecule has 0 aromatic heterocycles. The fraction of sp³-hybridized carbons (Fsp3) is 1.00. The van der Waals surface area contributed by atoms with Crippen molar-refractivity contribution in [1.82, 2.24) is 20.7 Å². The first-order valence-corrected chi connectivity index (χ1v) is 4.00. The highest BCUT2D eigenvalue weighted by Crippen LogP contribution is 2.10. The molecule has 2 atom stereocenters. The molecule has 0 radical (unpaired) electrons. The van der Waals surface area contributed by atoms with Gasteiger partial charge in [0, 0.05) is 33.2 Å². The van der Waals surface area contributed by atoms with E-state index in [1.807, 2.05) is 19.2 Å². The Bertz CT molecular complexity index is 124. The summed E-state index contributed by atoms with van der Waals surface area (Å²) in [5.41, 5.74) is 3.33. The van der Waals surface area contributed by atoms with Crippen LogP contribution in [0.1, 0.15) is 13.8 Å². The maximum absolute atomic E-state index is 3.33. The first-order valence-electron chi connectivity index (χ1n) is 4.00. The molecular formula is C7H18N4. The van der Waals surface area contributed by atoms with Crippen molar-refractivity contribution in [2.75, 3.05) is 21.1 Å². The summed E-state index contributed by atoms with van der Waals surface area (Å²) in [6.07, 6.45) is 0. The predicted octanol–water partition coefficient (Wildman–Crippen LogP) is -0.0930. The third kappa shape index (κ3) is 1.54. The Labute approximate surface area is 68.7 Å². The first kappa shape index (κ1) is 8.93. The van der Waals surface area contributed by atoms with E-state index in [9.17, 15) is 0 Å². The lowest BCUT2D eigenvalue weighted by atomic mass is 10.2. The van der Waals surface area contributed by atoms with Crippen molar-refractivity contribution in [1.29, 1.82) is 0 Å². The maximum Gasteiger partial charge on any atom is 0.0393 e. The van der Waals surface area contributed by atoms with Gasteiger partial charge in [-0.1, -0.05) is 0 Å². The second kappa shape index (κ2) is 3.06. The molecule has 1 aliphatic heterocycles. The summed E-state index contributed by atoms with van der Waals surface area (Å²) < 4.78 is 0. The highest BCUT2D eigenvalue weighted by molar-refractivity contribution is 4.75. The van der Waals surface area contributed by atoms with Crippen LogP contribution in [0, 0.1) is 0 Å². The van der Waals surface area contributed by atoms with Crippen LogP contribution < -0.4 is 5.43 Å². The molecule has 2 unspecified atom stereocenters. The fourth-order valence-corrected chi connectivity index (χ4v) is 1.28. The zero-order chi connectivity index (χ0) is 8.59. The normalized spacial score (nSPS) is 37.9. The molecule has 0 aromatic rings. The molecule has 1 heterocycles. The van der Waals surface area contributed by atoms with Crippen LogP contribution in [0.15, 0.2) is 0 Å². The van der Waals surface area contributed by atoms with Crippen molar-refractivity contribution in [3.05, 3.63) is 0 Å². The van der Waals surface area contributed by atoms with Crippen molar-refractivity contribution in [3.8, 4) is 0 Å². The molecule has 1 saturated heterocycles. The van der Waals surface area contributed by atoms with Gasteiger partial charge in [-0.15, -0.1) is 0 Å². The quantitative estimate of drug-likeness (QED) is 0.531. The highest BCUT2D eigenvalue weighted by Gasteiger charge is 2.28. The molecule has 4 heteroatoms. The number of hydrogen-bond acceptors (Lipinski definition) is 4. The summed E-state index contributed by atoms with van der Waals surface area (Å²) in [6, 6.07) is 1.04. The van der Waals surface area contributed by atoms with E-state index in [-0.39, 0.29) is 0 Å². The molecule has 0 aliphatic carbocycles. The van der Waals surface area contributed by atoms with Crippen molar-refractivity contribution >= 4 is 0 Å². The van der Waals surface area contributed by atoms with Crippen molar-refractivity contribution in [2.45, 2.75) is 25.9 Å². The lowest BCUT2D eigenvalue weighted by molar-refractivity contribution is -0.229. The van der Waals surface area contributed by atoms with Gasteiger partial charge in [0.15, 0.2) is 0 Å². The topological polar surface area (TPSA) is 21.8 Å². The van der Waals surface area contributed by atoms with Crippen LogP contribution in [0.5, 0.6) is 0 Å². The molecule has 11 heavy (non-hydrogen) atoms.